The fourth-order valence-corrected chi connectivity index (χ4v) is 3.04. The van der Waals surface area contributed by atoms with Crippen molar-refractivity contribution in [3.63, 3.8) is 0 Å². The van der Waals surface area contributed by atoms with Crippen LogP contribution in [-0.4, -0.2) is 34.3 Å². The first-order chi connectivity index (χ1) is 10.6. The summed E-state index contributed by atoms with van der Waals surface area (Å²) < 4.78 is 5.21. The van der Waals surface area contributed by atoms with Gasteiger partial charge in [0, 0.05) is 37.2 Å². The number of aliphatic hydroxyl groups excluding tert-OH is 1. The number of benzene rings is 1. The van der Waals surface area contributed by atoms with E-state index in [1.54, 1.807) is 0 Å². The number of hydrogen-bond acceptors (Lipinski definition) is 5. The molecule has 0 saturated carbocycles. The third kappa shape index (κ3) is 3.00. The summed E-state index contributed by atoms with van der Waals surface area (Å²) in [6, 6.07) is 4.96. The minimum atomic E-state index is -0.400. The Morgan fingerprint density at radius 1 is 1.23 bits per heavy atom. The fourth-order valence-electron chi connectivity index (χ4n) is 3.04. The molecular weight excluding hydrogens is 282 g/mol. The lowest BCUT2D eigenvalue weighted by atomic mass is 10.0. The SMILES string of the molecule is CCc1cc2c(CN3CCC(O)CC3)cc(=O)oc2cc1O. The van der Waals surface area contributed by atoms with Crippen molar-refractivity contribution in [2.45, 2.75) is 38.8 Å². The van der Waals surface area contributed by atoms with E-state index in [-0.39, 0.29) is 11.9 Å². The molecule has 1 aromatic heterocycles. The number of nitrogens with zero attached hydrogens (tertiary/aromatic N) is 1. The average molecular weight is 303 g/mol. The molecule has 118 valence electrons. The lowest BCUT2D eigenvalue weighted by Crippen LogP contribution is -2.35. The normalized spacial score (nSPS) is 17.2. The summed E-state index contributed by atoms with van der Waals surface area (Å²) in [6.45, 7) is 4.28. The zero-order chi connectivity index (χ0) is 15.7. The molecule has 5 nitrogen and oxygen atoms in total. The van der Waals surface area contributed by atoms with Crippen LogP contribution in [0.4, 0.5) is 0 Å². The third-order valence-corrected chi connectivity index (χ3v) is 4.36. The number of rotatable bonds is 3. The van der Waals surface area contributed by atoms with Crippen LogP contribution in [0.2, 0.25) is 0 Å². The molecule has 1 saturated heterocycles. The van der Waals surface area contributed by atoms with Crippen molar-refractivity contribution < 1.29 is 14.6 Å². The molecule has 5 heteroatoms. The predicted octanol–water partition coefficient (Wildman–Crippen LogP) is 2.02. The molecule has 1 aliphatic rings. The second-order valence-corrected chi connectivity index (χ2v) is 5.93. The summed E-state index contributed by atoms with van der Waals surface area (Å²) in [6.07, 6.45) is 2.04. The molecule has 2 heterocycles. The number of phenols is 1. The molecule has 0 aliphatic carbocycles. The molecule has 3 rings (SSSR count). The second kappa shape index (κ2) is 6.10. The number of aryl methyl sites for hydroxylation is 1. The molecule has 2 aromatic rings. The Bertz CT molecular complexity index is 729. The van der Waals surface area contributed by atoms with Crippen molar-refractivity contribution in [1.82, 2.24) is 4.90 Å². The highest BCUT2D eigenvalue weighted by molar-refractivity contribution is 5.82. The number of aromatic hydroxyl groups is 1. The van der Waals surface area contributed by atoms with E-state index in [4.69, 9.17) is 4.42 Å². The van der Waals surface area contributed by atoms with Crippen LogP contribution in [0.5, 0.6) is 5.75 Å². The van der Waals surface area contributed by atoms with Gasteiger partial charge in [0.15, 0.2) is 0 Å². The third-order valence-electron chi connectivity index (χ3n) is 4.36. The first-order valence-corrected chi connectivity index (χ1v) is 7.76. The number of phenolic OH excluding ortho intramolecular Hbond substituents is 1. The van der Waals surface area contributed by atoms with E-state index in [1.807, 2.05) is 13.0 Å². The molecule has 1 fully saturated rings. The zero-order valence-corrected chi connectivity index (χ0v) is 12.7. The van der Waals surface area contributed by atoms with Gasteiger partial charge >= 0.3 is 5.63 Å². The van der Waals surface area contributed by atoms with Gasteiger partial charge in [-0.3, -0.25) is 4.90 Å². The average Bonchev–Trinajstić information content (AvgIpc) is 2.49. The Morgan fingerprint density at radius 2 is 1.95 bits per heavy atom. The van der Waals surface area contributed by atoms with E-state index in [9.17, 15) is 15.0 Å². The first-order valence-electron chi connectivity index (χ1n) is 7.76. The number of likely N-dealkylation sites (tertiary alicyclic amines) is 1. The highest BCUT2D eigenvalue weighted by atomic mass is 16.4. The summed E-state index contributed by atoms with van der Waals surface area (Å²) >= 11 is 0. The van der Waals surface area contributed by atoms with Gasteiger partial charge in [0.1, 0.15) is 11.3 Å². The number of aliphatic hydroxyl groups is 1. The molecule has 1 aromatic carbocycles. The monoisotopic (exact) mass is 303 g/mol. The van der Waals surface area contributed by atoms with Gasteiger partial charge in [-0.25, -0.2) is 4.79 Å². The maximum Gasteiger partial charge on any atom is 0.336 e. The summed E-state index contributed by atoms with van der Waals surface area (Å²) in [5.74, 6) is 0.163. The Labute approximate surface area is 128 Å². The molecule has 2 N–H and O–H groups in total. The van der Waals surface area contributed by atoms with Crippen LogP contribution in [0, 0.1) is 0 Å². The van der Waals surface area contributed by atoms with E-state index in [0.29, 0.717) is 12.1 Å². The predicted molar refractivity (Wildman–Crippen MR) is 84.0 cm³/mol. The van der Waals surface area contributed by atoms with Gasteiger partial charge in [-0.2, -0.15) is 0 Å². The second-order valence-electron chi connectivity index (χ2n) is 5.93. The minimum Gasteiger partial charge on any atom is -0.508 e. The molecule has 0 atom stereocenters. The van der Waals surface area contributed by atoms with E-state index < -0.39 is 5.63 Å². The van der Waals surface area contributed by atoms with Crippen molar-refractivity contribution >= 4 is 11.0 Å². The molecule has 0 radical (unpaired) electrons. The van der Waals surface area contributed by atoms with Crippen LogP contribution in [0.3, 0.4) is 0 Å². The van der Waals surface area contributed by atoms with Gasteiger partial charge in [-0.15, -0.1) is 0 Å². The van der Waals surface area contributed by atoms with Gasteiger partial charge in [-0.1, -0.05) is 6.92 Å². The van der Waals surface area contributed by atoms with E-state index in [0.717, 1.165) is 48.9 Å². The summed E-state index contributed by atoms with van der Waals surface area (Å²) in [5, 5.41) is 20.4. The lowest BCUT2D eigenvalue weighted by molar-refractivity contribution is 0.0794. The van der Waals surface area contributed by atoms with Crippen LogP contribution < -0.4 is 5.63 Å². The smallest absolute Gasteiger partial charge is 0.336 e. The maximum atomic E-state index is 11.8. The van der Waals surface area contributed by atoms with Crippen molar-refractivity contribution in [3.05, 3.63) is 39.7 Å². The fraction of sp³-hybridized carbons (Fsp3) is 0.471. The summed E-state index contributed by atoms with van der Waals surface area (Å²) in [5.41, 5.74) is 1.78. The summed E-state index contributed by atoms with van der Waals surface area (Å²) in [7, 11) is 0. The van der Waals surface area contributed by atoms with Crippen molar-refractivity contribution in [1.29, 1.82) is 0 Å². The Kier molecular flexibility index (Phi) is 4.18. The molecule has 0 bridgehead atoms. The van der Waals surface area contributed by atoms with Crippen molar-refractivity contribution in [2.75, 3.05) is 13.1 Å². The van der Waals surface area contributed by atoms with Crippen LogP contribution in [0.25, 0.3) is 11.0 Å². The van der Waals surface area contributed by atoms with Crippen molar-refractivity contribution in [3.8, 4) is 5.75 Å². The van der Waals surface area contributed by atoms with Crippen molar-refractivity contribution in [2.24, 2.45) is 0 Å². The van der Waals surface area contributed by atoms with Crippen LogP contribution in [0.1, 0.15) is 30.9 Å². The van der Waals surface area contributed by atoms with E-state index >= 15 is 0 Å². The highest BCUT2D eigenvalue weighted by Gasteiger charge is 2.18. The molecule has 0 spiro atoms. The van der Waals surface area contributed by atoms with Crippen LogP contribution >= 0.6 is 0 Å². The Balaban J connectivity index is 1.98. The zero-order valence-electron chi connectivity index (χ0n) is 12.7. The van der Waals surface area contributed by atoms with Gasteiger partial charge in [0.25, 0.3) is 0 Å². The standard InChI is InChI=1S/C17H21NO4/c1-2-11-7-14-12(10-18-5-3-13(19)4-6-18)8-17(21)22-16(14)9-15(11)20/h7-9,13,19-20H,2-6,10H2,1H3. The van der Waals surface area contributed by atoms with E-state index in [1.165, 1.54) is 12.1 Å². The lowest BCUT2D eigenvalue weighted by Gasteiger charge is -2.29. The Morgan fingerprint density at radius 3 is 2.64 bits per heavy atom. The quantitative estimate of drug-likeness (QED) is 0.849. The largest absolute Gasteiger partial charge is 0.508 e. The molecule has 1 aliphatic heterocycles. The molecule has 0 unspecified atom stereocenters. The number of hydrogen-bond donors (Lipinski definition) is 2. The van der Waals surface area contributed by atoms with Crippen LogP contribution in [0.15, 0.2) is 27.4 Å². The van der Waals surface area contributed by atoms with Gasteiger partial charge in [0.2, 0.25) is 0 Å². The number of fused-ring (bicyclic) bond motifs is 1. The van der Waals surface area contributed by atoms with Gasteiger partial charge in [0.05, 0.1) is 6.10 Å². The highest BCUT2D eigenvalue weighted by Crippen LogP contribution is 2.28. The minimum absolute atomic E-state index is 0.163. The topological polar surface area (TPSA) is 73.9 Å². The number of piperidine rings is 1. The van der Waals surface area contributed by atoms with E-state index in [2.05, 4.69) is 4.90 Å². The molecule has 22 heavy (non-hydrogen) atoms. The molecule has 0 amide bonds. The summed E-state index contributed by atoms with van der Waals surface area (Å²) in [4.78, 5) is 14.0. The van der Waals surface area contributed by atoms with Gasteiger partial charge < -0.3 is 14.6 Å². The maximum absolute atomic E-state index is 11.8. The van der Waals surface area contributed by atoms with Gasteiger partial charge in [-0.05, 0) is 36.5 Å². The first kappa shape index (κ1) is 15.1. The Hall–Kier alpha value is -1.85. The molecular formula is C17H21NO4. The van der Waals surface area contributed by atoms with Crippen LogP contribution in [-0.2, 0) is 13.0 Å².